The van der Waals surface area contributed by atoms with Crippen LogP contribution in [0.1, 0.15) is 45.6 Å². The van der Waals surface area contributed by atoms with Crippen molar-refractivity contribution in [1.82, 2.24) is 5.01 Å². The molecule has 1 aromatic rings. The zero-order valence-corrected chi connectivity index (χ0v) is 18.0. The van der Waals surface area contributed by atoms with Crippen LogP contribution >= 0.6 is 0 Å². The van der Waals surface area contributed by atoms with E-state index < -0.39 is 21.8 Å². The molecule has 0 aromatic heterocycles. The predicted molar refractivity (Wildman–Crippen MR) is 111 cm³/mol. The average molecular weight is 422 g/mol. The molecule has 0 radical (unpaired) electrons. The van der Waals surface area contributed by atoms with Crippen molar-refractivity contribution in [3.05, 3.63) is 23.8 Å². The van der Waals surface area contributed by atoms with Crippen molar-refractivity contribution in [2.45, 2.75) is 51.5 Å². The lowest BCUT2D eigenvalue weighted by Crippen LogP contribution is -2.42. The fourth-order valence-corrected chi connectivity index (χ4v) is 5.15. The van der Waals surface area contributed by atoms with Crippen LogP contribution < -0.4 is 10.1 Å². The van der Waals surface area contributed by atoms with E-state index in [0.717, 1.165) is 5.56 Å². The molecule has 1 saturated heterocycles. The summed E-state index contributed by atoms with van der Waals surface area (Å²) in [5.41, 5.74) is 1.66. The van der Waals surface area contributed by atoms with Crippen LogP contribution in [0.15, 0.2) is 23.3 Å². The van der Waals surface area contributed by atoms with E-state index in [9.17, 15) is 18.0 Å². The van der Waals surface area contributed by atoms with Crippen molar-refractivity contribution >= 4 is 33.1 Å². The number of hydrazone groups is 1. The number of ether oxygens (including phenoxy) is 1. The van der Waals surface area contributed by atoms with Crippen molar-refractivity contribution in [2.24, 2.45) is 5.10 Å². The van der Waals surface area contributed by atoms with Gasteiger partial charge in [-0.25, -0.2) is 13.4 Å². The van der Waals surface area contributed by atoms with Gasteiger partial charge in [0.1, 0.15) is 11.5 Å². The molecule has 0 aliphatic carbocycles. The van der Waals surface area contributed by atoms with E-state index in [1.165, 1.54) is 12.1 Å². The van der Waals surface area contributed by atoms with E-state index in [4.69, 9.17) is 4.74 Å². The molecule has 1 aromatic carbocycles. The van der Waals surface area contributed by atoms with Gasteiger partial charge in [-0.15, -0.1) is 0 Å². The van der Waals surface area contributed by atoms with E-state index in [1.807, 2.05) is 12.1 Å². The van der Waals surface area contributed by atoms with Crippen LogP contribution in [0.5, 0.6) is 5.75 Å². The predicted octanol–water partition coefficient (Wildman–Crippen LogP) is 2.10. The number of carbonyl (C=O) groups excluding carboxylic acids is 2. The average Bonchev–Trinajstić information content (AvgIpc) is 3.00. The number of methoxy groups -OCH3 is 1. The maximum Gasteiger partial charge on any atom is 0.271 e. The van der Waals surface area contributed by atoms with Crippen molar-refractivity contribution in [3.8, 4) is 5.75 Å². The van der Waals surface area contributed by atoms with Crippen LogP contribution in [0.4, 0.5) is 5.69 Å². The lowest BCUT2D eigenvalue weighted by atomic mass is 9.87. The van der Waals surface area contributed by atoms with E-state index in [-0.39, 0.29) is 41.4 Å². The monoisotopic (exact) mass is 421 g/mol. The minimum atomic E-state index is -3.16. The topological polar surface area (TPSA) is 105 Å². The Bertz CT molecular complexity index is 963. The number of sulfone groups is 1. The van der Waals surface area contributed by atoms with Gasteiger partial charge in [-0.2, -0.15) is 5.10 Å². The summed E-state index contributed by atoms with van der Waals surface area (Å²) in [4.78, 5) is 25.1. The minimum Gasteiger partial charge on any atom is -0.495 e. The number of benzene rings is 1. The maximum absolute atomic E-state index is 12.8. The Hall–Kier alpha value is -2.42. The first-order valence-electron chi connectivity index (χ1n) is 9.60. The molecule has 9 heteroatoms. The second kappa shape index (κ2) is 7.78. The third-order valence-electron chi connectivity index (χ3n) is 5.19. The van der Waals surface area contributed by atoms with Crippen molar-refractivity contribution in [3.63, 3.8) is 0 Å². The fraction of sp³-hybridized carbons (Fsp3) is 0.550. The molecule has 8 nitrogen and oxygen atoms in total. The fourth-order valence-electron chi connectivity index (χ4n) is 3.45. The molecule has 29 heavy (non-hydrogen) atoms. The summed E-state index contributed by atoms with van der Waals surface area (Å²) < 4.78 is 28.9. The standard InChI is InChI=1S/C20H27N3O5S/c1-20(2,3)13-5-7-17(28-4)16(11-13)21-19(25)15-6-8-18(24)23(22-15)14-9-10-29(26,27)12-14/h5,7,11,14H,6,8-10,12H2,1-4H3,(H,21,25). The largest absolute Gasteiger partial charge is 0.495 e. The number of carbonyl (C=O) groups is 2. The molecule has 0 saturated carbocycles. The summed E-state index contributed by atoms with van der Waals surface area (Å²) in [6.07, 6.45) is 0.678. The van der Waals surface area contributed by atoms with Gasteiger partial charge in [0.05, 0.1) is 30.3 Å². The molecule has 2 aliphatic heterocycles. The lowest BCUT2D eigenvalue weighted by Gasteiger charge is -2.27. The van der Waals surface area contributed by atoms with Crippen molar-refractivity contribution in [1.29, 1.82) is 0 Å². The quantitative estimate of drug-likeness (QED) is 0.801. The first kappa shape index (κ1) is 21.3. The summed E-state index contributed by atoms with van der Waals surface area (Å²) in [6.45, 7) is 6.22. The molecule has 3 rings (SSSR count). The number of rotatable bonds is 4. The number of nitrogens with zero attached hydrogens (tertiary/aromatic N) is 2. The van der Waals surface area contributed by atoms with E-state index >= 15 is 0 Å². The van der Waals surface area contributed by atoms with Gasteiger partial charge in [0.25, 0.3) is 5.91 Å². The Kier molecular flexibility index (Phi) is 5.71. The summed E-state index contributed by atoms with van der Waals surface area (Å²) in [6, 6.07) is 5.12. The SMILES string of the molecule is COc1ccc(C(C)(C)C)cc1NC(=O)C1=NN(C2CCS(=O)(=O)C2)C(=O)CC1. The van der Waals surface area contributed by atoms with Crippen LogP contribution in [0.3, 0.4) is 0 Å². The molecular weight excluding hydrogens is 394 g/mol. The number of nitrogens with one attached hydrogen (secondary N) is 1. The Balaban J connectivity index is 1.83. The molecule has 2 aliphatic rings. The zero-order valence-electron chi connectivity index (χ0n) is 17.2. The summed E-state index contributed by atoms with van der Waals surface area (Å²) >= 11 is 0. The number of amides is 2. The number of hydrogen-bond acceptors (Lipinski definition) is 6. The summed E-state index contributed by atoms with van der Waals surface area (Å²) in [5.74, 6) is -0.227. The first-order valence-corrected chi connectivity index (χ1v) is 11.4. The zero-order chi connectivity index (χ0) is 21.4. The Morgan fingerprint density at radius 1 is 1.28 bits per heavy atom. The highest BCUT2D eigenvalue weighted by Gasteiger charge is 2.37. The van der Waals surface area contributed by atoms with Gasteiger partial charge in [-0.3, -0.25) is 9.59 Å². The second-order valence-electron chi connectivity index (χ2n) is 8.46. The molecule has 2 amide bonds. The maximum atomic E-state index is 12.8. The van der Waals surface area contributed by atoms with E-state index in [2.05, 4.69) is 31.2 Å². The third kappa shape index (κ3) is 4.77. The van der Waals surface area contributed by atoms with Crippen LogP contribution in [-0.4, -0.2) is 55.6 Å². The molecule has 1 atom stereocenters. The smallest absolute Gasteiger partial charge is 0.271 e. The van der Waals surface area contributed by atoms with Crippen LogP contribution in [0, 0.1) is 0 Å². The highest BCUT2D eigenvalue weighted by Crippen LogP contribution is 2.31. The Morgan fingerprint density at radius 2 is 2.00 bits per heavy atom. The highest BCUT2D eigenvalue weighted by atomic mass is 32.2. The minimum absolute atomic E-state index is 0.0370. The van der Waals surface area contributed by atoms with Gasteiger partial charge >= 0.3 is 0 Å². The second-order valence-corrected chi connectivity index (χ2v) is 10.7. The molecule has 2 heterocycles. The van der Waals surface area contributed by atoms with Crippen LogP contribution in [-0.2, 0) is 24.8 Å². The van der Waals surface area contributed by atoms with Gasteiger partial charge in [0, 0.05) is 12.8 Å². The number of anilines is 1. The van der Waals surface area contributed by atoms with Crippen molar-refractivity contribution < 1.29 is 22.7 Å². The van der Waals surface area contributed by atoms with Gasteiger partial charge in [-0.05, 0) is 29.5 Å². The molecular formula is C20H27N3O5S. The molecule has 158 valence electrons. The van der Waals surface area contributed by atoms with E-state index in [0.29, 0.717) is 17.9 Å². The molecule has 0 bridgehead atoms. The summed E-state index contributed by atoms with van der Waals surface area (Å²) in [7, 11) is -1.63. The van der Waals surface area contributed by atoms with E-state index in [1.54, 1.807) is 6.07 Å². The Labute approximate surface area is 171 Å². The lowest BCUT2D eigenvalue weighted by molar-refractivity contribution is -0.133. The van der Waals surface area contributed by atoms with Gasteiger partial charge < -0.3 is 10.1 Å². The van der Waals surface area contributed by atoms with Gasteiger partial charge in [0.2, 0.25) is 5.91 Å². The molecule has 0 spiro atoms. The van der Waals surface area contributed by atoms with Gasteiger partial charge in [-0.1, -0.05) is 26.8 Å². The molecule has 1 N–H and O–H groups in total. The normalized spacial score (nSPS) is 21.7. The third-order valence-corrected chi connectivity index (χ3v) is 6.94. The summed E-state index contributed by atoms with van der Waals surface area (Å²) in [5, 5.41) is 8.24. The molecule has 1 unspecified atom stereocenters. The van der Waals surface area contributed by atoms with Crippen LogP contribution in [0.25, 0.3) is 0 Å². The van der Waals surface area contributed by atoms with Crippen LogP contribution in [0.2, 0.25) is 0 Å². The molecule has 1 fully saturated rings. The van der Waals surface area contributed by atoms with Gasteiger partial charge in [0.15, 0.2) is 9.84 Å². The highest BCUT2D eigenvalue weighted by molar-refractivity contribution is 7.91. The number of hydrogen-bond donors (Lipinski definition) is 1. The Morgan fingerprint density at radius 3 is 2.59 bits per heavy atom. The van der Waals surface area contributed by atoms with Crippen molar-refractivity contribution in [2.75, 3.05) is 23.9 Å². The first-order chi connectivity index (χ1) is 13.5.